The molecule has 0 aliphatic rings. The lowest BCUT2D eigenvalue weighted by atomic mass is 10.3. The number of hydrogen-bond donors (Lipinski definition) is 2. The third kappa shape index (κ3) is 3.72. The monoisotopic (exact) mass is 277 g/mol. The molecular formula is C9H8ClNO5S. The number of carboxylic acids is 2. The second kappa shape index (κ2) is 5.65. The van der Waals surface area contributed by atoms with Gasteiger partial charge in [-0.15, -0.1) is 11.3 Å². The van der Waals surface area contributed by atoms with Crippen LogP contribution in [0.25, 0.3) is 0 Å². The Morgan fingerprint density at radius 1 is 1.24 bits per heavy atom. The predicted octanol–water partition coefficient (Wildman–Crippen LogP) is 1.01. The number of hydrogen-bond acceptors (Lipinski definition) is 4. The first kappa shape index (κ1) is 13.5. The van der Waals surface area contributed by atoms with Crippen molar-refractivity contribution >= 4 is 40.8 Å². The van der Waals surface area contributed by atoms with E-state index in [0.717, 1.165) is 11.3 Å². The maximum atomic E-state index is 11.8. The third-order valence-electron chi connectivity index (χ3n) is 1.75. The van der Waals surface area contributed by atoms with Crippen molar-refractivity contribution in [3.05, 3.63) is 21.3 Å². The molecule has 0 radical (unpaired) electrons. The number of carboxylic acid groups (broad SMARTS) is 2. The van der Waals surface area contributed by atoms with E-state index in [4.69, 9.17) is 21.8 Å². The molecule has 0 saturated carbocycles. The van der Waals surface area contributed by atoms with Gasteiger partial charge in [0.05, 0.1) is 5.02 Å². The molecule has 0 spiro atoms. The highest BCUT2D eigenvalue weighted by Gasteiger charge is 2.23. The molecule has 0 aliphatic carbocycles. The van der Waals surface area contributed by atoms with Gasteiger partial charge in [0.1, 0.15) is 18.0 Å². The molecular weight excluding hydrogens is 270 g/mol. The molecule has 0 aromatic carbocycles. The van der Waals surface area contributed by atoms with Crippen molar-refractivity contribution in [1.82, 2.24) is 4.90 Å². The second-order valence-electron chi connectivity index (χ2n) is 3.05. The highest BCUT2D eigenvalue weighted by Crippen LogP contribution is 2.23. The predicted molar refractivity (Wildman–Crippen MR) is 60.5 cm³/mol. The van der Waals surface area contributed by atoms with Crippen LogP contribution in [0, 0.1) is 0 Å². The van der Waals surface area contributed by atoms with E-state index in [1.54, 1.807) is 5.38 Å². The van der Waals surface area contributed by atoms with Gasteiger partial charge in [0, 0.05) is 0 Å². The van der Waals surface area contributed by atoms with Gasteiger partial charge in [-0.25, -0.2) is 0 Å². The number of thiophene rings is 1. The van der Waals surface area contributed by atoms with Crippen molar-refractivity contribution in [3.63, 3.8) is 0 Å². The molecule has 6 nitrogen and oxygen atoms in total. The van der Waals surface area contributed by atoms with E-state index in [-0.39, 0.29) is 9.90 Å². The Bertz CT molecular complexity index is 442. The lowest BCUT2D eigenvalue weighted by Crippen LogP contribution is -2.39. The molecule has 0 saturated heterocycles. The first-order valence-electron chi connectivity index (χ1n) is 4.37. The van der Waals surface area contributed by atoms with Crippen LogP contribution in [0.15, 0.2) is 11.4 Å². The summed E-state index contributed by atoms with van der Waals surface area (Å²) in [5, 5.41) is 18.9. The fraction of sp³-hybridized carbons (Fsp3) is 0.222. The van der Waals surface area contributed by atoms with Crippen LogP contribution < -0.4 is 0 Å². The smallest absolute Gasteiger partial charge is 0.323 e. The summed E-state index contributed by atoms with van der Waals surface area (Å²) >= 11 is 6.75. The van der Waals surface area contributed by atoms with Crippen molar-refractivity contribution in [2.24, 2.45) is 0 Å². The van der Waals surface area contributed by atoms with Gasteiger partial charge in [-0.2, -0.15) is 0 Å². The zero-order chi connectivity index (χ0) is 13.0. The molecule has 0 bridgehead atoms. The topological polar surface area (TPSA) is 94.9 Å². The summed E-state index contributed by atoms with van der Waals surface area (Å²) in [6, 6.07) is 1.49. The van der Waals surface area contributed by atoms with Gasteiger partial charge in [0.2, 0.25) is 0 Å². The number of aliphatic carboxylic acids is 2. The van der Waals surface area contributed by atoms with Crippen molar-refractivity contribution in [1.29, 1.82) is 0 Å². The normalized spacial score (nSPS) is 9.94. The maximum Gasteiger partial charge on any atom is 0.323 e. The molecule has 8 heteroatoms. The highest BCUT2D eigenvalue weighted by molar-refractivity contribution is 7.12. The number of amides is 1. The molecule has 2 N–H and O–H groups in total. The molecule has 1 aromatic heterocycles. The summed E-state index contributed by atoms with van der Waals surface area (Å²) in [5.41, 5.74) is 0. The van der Waals surface area contributed by atoms with Gasteiger partial charge >= 0.3 is 11.9 Å². The summed E-state index contributed by atoms with van der Waals surface area (Å²) in [4.78, 5) is 33.7. The van der Waals surface area contributed by atoms with Crippen molar-refractivity contribution in [2.45, 2.75) is 0 Å². The Morgan fingerprint density at radius 3 is 2.12 bits per heavy atom. The quantitative estimate of drug-likeness (QED) is 0.838. The van der Waals surface area contributed by atoms with Crippen LogP contribution in [0.2, 0.25) is 5.02 Å². The Kier molecular flexibility index (Phi) is 4.47. The van der Waals surface area contributed by atoms with Gasteiger partial charge in [0.25, 0.3) is 5.91 Å². The third-order valence-corrected chi connectivity index (χ3v) is 3.08. The number of carbonyl (C=O) groups is 3. The Hall–Kier alpha value is -1.60. The minimum absolute atomic E-state index is 0.133. The molecule has 1 amide bonds. The summed E-state index contributed by atoms with van der Waals surface area (Å²) in [6.07, 6.45) is 0. The zero-order valence-electron chi connectivity index (χ0n) is 8.42. The highest BCUT2D eigenvalue weighted by atomic mass is 35.5. The summed E-state index contributed by atoms with van der Waals surface area (Å²) in [6.45, 7) is -1.36. The number of nitrogens with zero attached hydrogens (tertiary/aromatic N) is 1. The van der Waals surface area contributed by atoms with E-state index in [9.17, 15) is 14.4 Å². The standard InChI is InChI=1S/C9H8ClNO5S/c10-5-1-2-17-8(5)9(16)11(3-6(12)13)4-7(14)15/h1-2H,3-4H2,(H,12,13)(H,14,15). The van der Waals surface area contributed by atoms with Gasteiger partial charge in [-0.1, -0.05) is 11.6 Å². The fourth-order valence-corrected chi connectivity index (χ4v) is 2.22. The number of carbonyl (C=O) groups excluding carboxylic acids is 1. The average Bonchev–Trinajstić information content (AvgIpc) is 2.61. The summed E-state index contributed by atoms with van der Waals surface area (Å²) in [7, 11) is 0. The van der Waals surface area contributed by atoms with E-state index < -0.39 is 30.9 Å². The Balaban J connectivity index is 2.90. The molecule has 92 valence electrons. The van der Waals surface area contributed by atoms with Gasteiger partial charge in [0.15, 0.2) is 0 Å². The maximum absolute atomic E-state index is 11.8. The largest absolute Gasteiger partial charge is 0.480 e. The zero-order valence-corrected chi connectivity index (χ0v) is 9.99. The molecule has 0 atom stereocenters. The first-order chi connectivity index (χ1) is 7.91. The average molecular weight is 278 g/mol. The van der Waals surface area contributed by atoms with E-state index >= 15 is 0 Å². The van der Waals surface area contributed by atoms with Crippen LogP contribution in [0.4, 0.5) is 0 Å². The Labute approximate surface area is 105 Å². The summed E-state index contributed by atoms with van der Waals surface area (Å²) in [5.74, 6) is -3.27. The number of rotatable bonds is 5. The van der Waals surface area contributed by atoms with Crippen LogP contribution in [-0.4, -0.2) is 46.0 Å². The minimum Gasteiger partial charge on any atom is -0.480 e. The lowest BCUT2D eigenvalue weighted by Gasteiger charge is -2.17. The van der Waals surface area contributed by atoms with Crippen molar-refractivity contribution in [2.75, 3.05) is 13.1 Å². The molecule has 0 aliphatic heterocycles. The lowest BCUT2D eigenvalue weighted by molar-refractivity contribution is -0.140. The van der Waals surface area contributed by atoms with Gasteiger partial charge in [-0.05, 0) is 11.4 Å². The second-order valence-corrected chi connectivity index (χ2v) is 4.37. The van der Waals surface area contributed by atoms with Crippen LogP contribution in [0.3, 0.4) is 0 Å². The molecule has 1 heterocycles. The molecule has 0 fully saturated rings. The first-order valence-corrected chi connectivity index (χ1v) is 5.63. The molecule has 0 unspecified atom stereocenters. The summed E-state index contributed by atoms with van der Waals surface area (Å²) < 4.78 is 0. The van der Waals surface area contributed by atoms with Crippen LogP contribution in [-0.2, 0) is 9.59 Å². The van der Waals surface area contributed by atoms with Crippen LogP contribution in [0.5, 0.6) is 0 Å². The van der Waals surface area contributed by atoms with Crippen molar-refractivity contribution < 1.29 is 24.6 Å². The van der Waals surface area contributed by atoms with E-state index in [1.807, 2.05) is 0 Å². The van der Waals surface area contributed by atoms with Crippen LogP contribution >= 0.6 is 22.9 Å². The van der Waals surface area contributed by atoms with E-state index in [1.165, 1.54) is 6.07 Å². The molecule has 1 aromatic rings. The minimum atomic E-state index is -1.28. The van der Waals surface area contributed by atoms with Crippen molar-refractivity contribution in [3.8, 4) is 0 Å². The van der Waals surface area contributed by atoms with Gasteiger partial charge in [-0.3, -0.25) is 14.4 Å². The van der Waals surface area contributed by atoms with E-state index in [2.05, 4.69) is 0 Å². The molecule has 1 rings (SSSR count). The fourth-order valence-electron chi connectivity index (χ4n) is 1.12. The van der Waals surface area contributed by atoms with Crippen LogP contribution in [0.1, 0.15) is 9.67 Å². The van der Waals surface area contributed by atoms with E-state index in [0.29, 0.717) is 4.90 Å². The molecule has 17 heavy (non-hydrogen) atoms. The van der Waals surface area contributed by atoms with Gasteiger partial charge < -0.3 is 15.1 Å². The SMILES string of the molecule is O=C(O)CN(CC(=O)O)C(=O)c1sccc1Cl. The number of halogens is 1. The Morgan fingerprint density at radius 2 is 1.76 bits per heavy atom.